The van der Waals surface area contributed by atoms with E-state index in [0.29, 0.717) is 4.47 Å². The van der Waals surface area contributed by atoms with Crippen LogP contribution < -0.4 is 4.90 Å². The second kappa shape index (κ2) is 5.86. The Labute approximate surface area is 132 Å². The predicted molar refractivity (Wildman–Crippen MR) is 90.2 cm³/mol. The van der Waals surface area contributed by atoms with E-state index in [1.165, 1.54) is 5.56 Å². The van der Waals surface area contributed by atoms with Crippen molar-refractivity contribution in [3.63, 3.8) is 0 Å². The van der Waals surface area contributed by atoms with Crippen LogP contribution in [0.15, 0.2) is 65.1 Å². The van der Waals surface area contributed by atoms with Gasteiger partial charge in [-0.2, -0.15) is 0 Å². The lowest BCUT2D eigenvalue weighted by atomic mass is 10.1. The van der Waals surface area contributed by atoms with Gasteiger partial charge in [0.25, 0.3) is 0 Å². The first-order chi connectivity index (χ1) is 10.2. The zero-order valence-electron chi connectivity index (χ0n) is 11.7. The Morgan fingerprint density at radius 1 is 1.00 bits per heavy atom. The van der Waals surface area contributed by atoms with Gasteiger partial charge in [0, 0.05) is 19.0 Å². The van der Waals surface area contributed by atoms with Crippen LogP contribution in [0.3, 0.4) is 0 Å². The number of anilines is 1. The van der Waals surface area contributed by atoms with E-state index in [2.05, 4.69) is 33.0 Å². The Bertz CT molecular complexity index is 771. The molecule has 106 valence electrons. The van der Waals surface area contributed by atoms with Crippen molar-refractivity contribution in [1.82, 2.24) is 0 Å². The molecule has 0 fully saturated rings. The van der Waals surface area contributed by atoms with Gasteiger partial charge in [-0.15, -0.1) is 0 Å². The fourth-order valence-corrected chi connectivity index (χ4v) is 3.21. The maximum absolute atomic E-state index is 14.1. The highest BCUT2D eigenvalue weighted by atomic mass is 79.9. The van der Waals surface area contributed by atoms with E-state index in [4.69, 9.17) is 0 Å². The topological polar surface area (TPSA) is 3.24 Å². The van der Waals surface area contributed by atoms with Crippen molar-refractivity contribution in [2.45, 2.75) is 6.54 Å². The highest BCUT2D eigenvalue weighted by Gasteiger charge is 2.15. The molecule has 0 aliphatic heterocycles. The fraction of sp³-hybridized carbons (Fsp3) is 0.111. The summed E-state index contributed by atoms with van der Waals surface area (Å²) in [7, 11) is 1.99. The third-order valence-electron chi connectivity index (χ3n) is 3.56. The molecule has 0 aliphatic carbocycles. The highest BCUT2D eigenvalue weighted by Crippen LogP contribution is 2.36. The summed E-state index contributed by atoms with van der Waals surface area (Å²) in [6.07, 6.45) is 0. The molecule has 0 saturated carbocycles. The minimum Gasteiger partial charge on any atom is -0.369 e. The van der Waals surface area contributed by atoms with Crippen molar-refractivity contribution in [3.8, 4) is 0 Å². The molecule has 0 unspecified atom stereocenters. The van der Waals surface area contributed by atoms with Gasteiger partial charge in [-0.1, -0.05) is 54.6 Å². The Kier molecular flexibility index (Phi) is 3.93. The zero-order valence-corrected chi connectivity index (χ0v) is 13.3. The average molecular weight is 344 g/mol. The fourth-order valence-electron chi connectivity index (χ4n) is 2.58. The number of rotatable bonds is 3. The van der Waals surface area contributed by atoms with Crippen molar-refractivity contribution in [2.24, 2.45) is 0 Å². The van der Waals surface area contributed by atoms with E-state index in [1.807, 2.05) is 49.5 Å². The van der Waals surface area contributed by atoms with Crippen LogP contribution in [0.1, 0.15) is 5.56 Å². The molecule has 0 aromatic heterocycles. The molecule has 3 aromatic rings. The van der Waals surface area contributed by atoms with Gasteiger partial charge in [-0.05, 0) is 32.9 Å². The number of hydrogen-bond donors (Lipinski definition) is 0. The second-order valence-corrected chi connectivity index (χ2v) is 5.88. The minimum atomic E-state index is -0.233. The third kappa shape index (κ3) is 2.79. The first kappa shape index (κ1) is 14.1. The molecule has 0 heterocycles. The molecule has 0 spiro atoms. The zero-order chi connectivity index (χ0) is 14.8. The van der Waals surface area contributed by atoms with Crippen LogP contribution in [0.2, 0.25) is 0 Å². The van der Waals surface area contributed by atoms with Crippen LogP contribution in [-0.4, -0.2) is 7.05 Å². The number of benzene rings is 3. The van der Waals surface area contributed by atoms with Gasteiger partial charge in [-0.3, -0.25) is 0 Å². The first-order valence-corrected chi connectivity index (χ1v) is 7.58. The molecule has 3 heteroatoms. The number of halogens is 2. The van der Waals surface area contributed by atoms with Gasteiger partial charge in [0.05, 0.1) is 10.2 Å². The van der Waals surface area contributed by atoms with Crippen molar-refractivity contribution in [3.05, 3.63) is 76.5 Å². The predicted octanol–water partition coefficient (Wildman–Crippen LogP) is 5.38. The van der Waals surface area contributed by atoms with Crippen molar-refractivity contribution < 1.29 is 4.39 Å². The van der Waals surface area contributed by atoms with Gasteiger partial charge in [0.15, 0.2) is 0 Å². The summed E-state index contributed by atoms with van der Waals surface area (Å²) >= 11 is 3.40. The van der Waals surface area contributed by atoms with E-state index in [-0.39, 0.29) is 5.82 Å². The van der Waals surface area contributed by atoms with Crippen molar-refractivity contribution >= 4 is 32.4 Å². The monoisotopic (exact) mass is 343 g/mol. The van der Waals surface area contributed by atoms with Gasteiger partial charge in [-0.25, -0.2) is 4.39 Å². The Hall–Kier alpha value is -1.87. The van der Waals surface area contributed by atoms with Gasteiger partial charge in [0.1, 0.15) is 5.82 Å². The summed E-state index contributed by atoms with van der Waals surface area (Å²) < 4.78 is 14.6. The molecular formula is C18H15BrFN. The Morgan fingerprint density at radius 2 is 1.67 bits per heavy atom. The summed E-state index contributed by atoms with van der Waals surface area (Å²) in [6, 6.07) is 19.6. The number of nitrogens with zero attached hydrogens (tertiary/aromatic N) is 1. The lowest BCUT2D eigenvalue weighted by Crippen LogP contribution is -2.17. The lowest BCUT2D eigenvalue weighted by molar-refractivity contribution is 0.622. The standard InChI is InChI=1S/C18H15BrFN/c1-21(12-13-7-3-2-4-8-13)18-15-10-6-5-9-14(15)11-16(20)17(18)19/h2-11H,12H2,1H3. The molecule has 3 rings (SSSR count). The molecule has 0 N–H and O–H groups in total. The normalized spacial score (nSPS) is 10.8. The molecule has 3 aromatic carbocycles. The third-order valence-corrected chi connectivity index (χ3v) is 4.31. The smallest absolute Gasteiger partial charge is 0.140 e. The molecule has 0 radical (unpaired) electrons. The number of fused-ring (bicyclic) bond motifs is 1. The molecule has 0 aliphatic rings. The molecule has 0 saturated heterocycles. The van der Waals surface area contributed by atoms with Crippen LogP contribution in [0, 0.1) is 5.82 Å². The van der Waals surface area contributed by atoms with Crippen LogP contribution >= 0.6 is 15.9 Å². The second-order valence-electron chi connectivity index (χ2n) is 5.08. The van der Waals surface area contributed by atoms with Gasteiger partial charge < -0.3 is 4.90 Å². The first-order valence-electron chi connectivity index (χ1n) is 6.78. The maximum Gasteiger partial charge on any atom is 0.140 e. The molecular weight excluding hydrogens is 329 g/mol. The van der Waals surface area contributed by atoms with Crippen LogP contribution in [0.25, 0.3) is 10.8 Å². The Morgan fingerprint density at radius 3 is 2.43 bits per heavy atom. The summed E-state index contributed by atoms with van der Waals surface area (Å²) in [5.41, 5.74) is 2.08. The number of hydrogen-bond acceptors (Lipinski definition) is 1. The average Bonchev–Trinajstić information content (AvgIpc) is 2.49. The maximum atomic E-state index is 14.1. The Balaban J connectivity index is 2.08. The largest absolute Gasteiger partial charge is 0.369 e. The molecule has 0 atom stereocenters. The van der Waals surface area contributed by atoms with Gasteiger partial charge in [0.2, 0.25) is 0 Å². The summed E-state index contributed by atoms with van der Waals surface area (Å²) in [4.78, 5) is 2.07. The lowest BCUT2D eigenvalue weighted by Gasteiger charge is -2.23. The van der Waals surface area contributed by atoms with Crippen LogP contribution in [0.5, 0.6) is 0 Å². The minimum absolute atomic E-state index is 0.233. The molecule has 21 heavy (non-hydrogen) atoms. The highest BCUT2D eigenvalue weighted by molar-refractivity contribution is 9.10. The quantitative estimate of drug-likeness (QED) is 0.617. The van der Waals surface area contributed by atoms with Crippen LogP contribution in [0.4, 0.5) is 10.1 Å². The summed E-state index contributed by atoms with van der Waals surface area (Å²) in [5.74, 6) is -0.233. The van der Waals surface area contributed by atoms with E-state index in [1.54, 1.807) is 6.07 Å². The van der Waals surface area contributed by atoms with E-state index in [0.717, 1.165) is 23.0 Å². The van der Waals surface area contributed by atoms with E-state index in [9.17, 15) is 4.39 Å². The van der Waals surface area contributed by atoms with Crippen molar-refractivity contribution in [1.29, 1.82) is 0 Å². The van der Waals surface area contributed by atoms with Gasteiger partial charge >= 0.3 is 0 Å². The SMILES string of the molecule is CN(Cc1ccccc1)c1c(Br)c(F)cc2ccccc12. The molecule has 1 nitrogen and oxygen atoms in total. The summed E-state index contributed by atoms with van der Waals surface area (Å²) in [5, 5.41) is 1.96. The van der Waals surface area contributed by atoms with Crippen LogP contribution in [-0.2, 0) is 6.54 Å². The molecule has 0 amide bonds. The van der Waals surface area contributed by atoms with Crippen molar-refractivity contribution in [2.75, 3.05) is 11.9 Å². The molecule has 0 bridgehead atoms. The summed E-state index contributed by atoms with van der Waals surface area (Å²) in [6.45, 7) is 0.729. The van der Waals surface area contributed by atoms with E-state index >= 15 is 0 Å². The van der Waals surface area contributed by atoms with E-state index < -0.39 is 0 Å².